The second-order valence-electron chi connectivity index (χ2n) is 3.36. The van der Waals surface area contributed by atoms with Crippen molar-refractivity contribution >= 4 is 37.5 Å². The van der Waals surface area contributed by atoms with E-state index in [1.165, 1.54) is 12.1 Å². The van der Waals surface area contributed by atoms with E-state index in [9.17, 15) is 4.39 Å². The summed E-state index contributed by atoms with van der Waals surface area (Å²) in [5.41, 5.74) is 6.26. The first-order valence-electron chi connectivity index (χ1n) is 4.74. The smallest absolute Gasteiger partial charge is 0.151 e. The Kier molecular flexibility index (Phi) is 3.69. The molecule has 88 valence electrons. The second-order valence-corrected chi connectivity index (χ2v) is 5.13. The van der Waals surface area contributed by atoms with Crippen LogP contribution in [0.5, 0.6) is 11.5 Å². The molecule has 17 heavy (non-hydrogen) atoms. The van der Waals surface area contributed by atoms with E-state index < -0.39 is 0 Å². The molecule has 0 amide bonds. The fourth-order valence-corrected chi connectivity index (χ4v) is 1.94. The summed E-state index contributed by atoms with van der Waals surface area (Å²) < 4.78 is 20.2. The van der Waals surface area contributed by atoms with Crippen molar-refractivity contribution in [2.24, 2.45) is 0 Å². The van der Waals surface area contributed by atoms with E-state index >= 15 is 0 Å². The molecule has 0 saturated carbocycles. The van der Waals surface area contributed by atoms with Gasteiger partial charge in [-0.1, -0.05) is 15.9 Å². The van der Waals surface area contributed by atoms with Gasteiger partial charge in [0.05, 0.1) is 10.2 Å². The van der Waals surface area contributed by atoms with Gasteiger partial charge in [0.15, 0.2) is 5.75 Å². The first kappa shape index (κ1) is 12.4. The summed E-state index contributed by atoms with van der Waals surface area (Å²) in [4.78, 5) is 0. The van der Waals surface area contributed by atoms with E-state index in [2.05, 4.69) is 31.9 Å². The van der Waals surface area contributed by atoms with Gasteiger partial charge in [0.1, 0.15) is 11.6 Å². The molecule has 0 unspecified atom stereocenters. The van der Waals surface area contributed by atoms with E-state index in [1.807, 2.05) is 6.07 Å². The Morgan fingerprint density at radius 1 is 1.00 bits per heavy atom. The molecule has 2 rings (SSSR count). The minimum absolute atomic E-state index is 0.364. The van der Waals surface area contributed by atoms with Crippen molar-refractivity contribution in [3.8, 4) is 11.5 Å². The summed E-state index contributed by atoms with van der Waals surface area (Å²) in [6, 6.07) is 9.48. The van der Waals surface area contributed by atoms with Crippen molar-refractivity contribution in [1.29, 1.82) is 0 Å². The SMILES string of the molecule is Nc1ccc(Br)cc1Oc1cc(F)ccc1Br. The minimum atomic E-state index is -0.364. The maximum absolute atomic E-state index is 13.1. The molecule has 2 aromatic rings. The van der Waals surface area contributed by atoms with Crippen LogP contribution in [-0.2, 0) is 0 Å². The van der Waals surface area contributed by atoms with Gasteiger partial charge in [0, 0.05) is 10.5 Å². The summed E-state index contributed by atoms with van der Waals surface area (Å²) in [6.07, 6.45) is 0. The van der Waals surface area contributed by atoms with Crippen LogP contribution in [0.15, 0.2) is 45.3 Å². The Morgan fingerprint density at radius 2 is 1.76 bits per heavy atom. The van der Waals surface area contributed by atoms with Crippen molar-refractivity contribution in [2.45, 2.75) is 0 Å². The number of nitrogens with two attached hydrogens (primary N) is 1. The largest absolute Gasteiger partial charge is 0.454 e. The minimum Gasteiger partial charge on any atom is -0.454 e. The normalized spacial score (nSPS) is 10.3. The zero-order valence-corrected chi connectivity index (χ0v) is 11.8. The average Bonchev–Trinajstić information content (AvgIpc) is 2.28. The first-order valence-corrected chi connectivity index (χ1v) is 6.33. The van der Waals surface area contributed by atoms with E-state index in [0.29, 0.717) is 21.7 Å². The van der Waals surface area contributed by atoms with Crippen molar-refractivity contribution in [3.05, 3.63) is 51.2 Å². The van der Waals surface area contributed by atoms with E-state index in [-0.39, 0.29) is 5.82 Å². The monoisotopic (exact) mass is 359 g/mol. The fraction of sp³-hybridized carbons (Fsp3) is 0. The number of anilines is 1. The summed E-state index contributed by atoms with van der Waals surface area (Å²) >= 11 is 6.61. The standard InChI is InChI=1S/C12H8Br2FNO/c13-7-1-4-10(16)12(5-7)17-11-6-8(15)2-3-9(11)14/h1-6H,16H2. The van der Waals surface area contributed by atoms with Gasteiger partial charge < -0.3 is 10.5 Å². The molecule has 2 N–H and O–H groups in total. The van der Waals surface area contributed by atoms with Gasteiger partial charge in [-0.2, -0.15) is 0 Å². The number of ether oxygens (including phenoxy) is 1. The van der Waals surface area contributed by atoms with Crippen LogP contribution in [-0.4, -0.2) is 0 Å². The van der Waals surface area contributed by atoms with Gasteiger partial charge in [0.2, 0.25) is 0 Å². The molecule has 0 spiro atoms. The van der Waals surface area contributed by atoms with E-state index in [4.69, 9.17) is 10.5 Å². The zero-order valence-electron chi connectivity index (χ0n) is 8.58. The fourth-order valence-electron chi connectivity index (χ4n) is 1.27. The predicted octanol–water partition coefficient (Wildman–Crippen LogP) is 4.73. The molecular formula is C12H8Br2FNO. The Bertz CT molecular complexity index is 511. The van der Waals surface area contributed by atoms with Gasteiger partial charge in [-0.15, -0.1) is 0 Å². The molecule has 0 heterocycles. The lowest BCUT2D eigenvalue weighted by molar-refractivity contribution is 0.475. The average molecular weight is 361 g/mol. The van der Waals surface area contributed by atoms with Crippen LogP contribution in [0.1, 0.15) is 0 Å². The Balaban J connectivity index is 2.37. The highest BCUT2D eigenvalue weighted by molar-refractivity contribution is 9.10. The van der Waals surface area contributed by atoms with Gasteiger partial charge in [0.25, 0.3) is 0 Å². The van der Waals surface area contributed by atoms with Gasteiger partial charge >= 0.3 is 0 Å². The highest BCUT2D eigenvalue weighted by Gasteiger charge is 2.07. The lowest BCUT2D eigenvalue weighted by Crippen LogP contribution is -1.93. The summed E-state index contributed by atoms with van der Waals surface area (Å²) in [7, 11) is 0. The third kappa shape index (κ3) is 2.98. The summed E-state index contributed by atoms with van der Waals surface area (Å²) in [5.74, 6) is 0.497. The lowest BCUT2D eigenvalue weighted by atomic mass is 10.3. The molecular weight excluding hydrogens is 353 g/mol. The Labute approximate surface area is 115 Å². The Hall–Kier alpha value is -1.07. The topological polar surface area (TPSA) is 35.2 Å². The molecule has 2 nitrogen and oxygen atoms in total. The molecule has 0 aliphatic rings. The van der Waals surface area contributed by atoms with E-state index in [0.717, 1.165) is 4.47 Å². The summed E-state index contributed by atoms with van der Waals surface area (Å²) in [6.45, 7) is 0. The van der Waals surface area contributed by atoms with Gasteiger partial charge in [-0.25, -0.2) is 4.39 Å². The maximum Gasteiger partial charge on any atom is 0.151 e. The molecule has 0 saturated heterocycles. The van der Waals surface area contributed by atoms with Gasteiger partial charge in [-0.3, -0.25) is 0 Å². The van der Waals surface area contributed by atoms with Crippen molar-refractivity contribution in [1.82, 2.24) is 0 Å². The molecule has 0 aliphatic heterocycles. The molecule has 0 radical (unpaired) electrons. The third-order valence-electron chi connectivity index (χ3n) is 2.09. The highest BCUT2D eigenvalue weighted by atomic mass is 79.9. The quantitative estimate of drug-likeness (QED) is 0.786. The molecule has 0 bridgehead atoms. The lowest BCUT2D eigenvalue weighted by Gasteiger charge is -2.10. The molecule has 0 atom stereocenters. The van der Waals surface area contributed by atoms with Crippen LogP contribution >= 0.6 is 31.9 Å². The second kappa shape index (κ2) is 5.06. The number of halogens is 3. The first-order chi connectivity index (χ1) is 8.06. The number of hydrogen-bond acceptors (Lipinski definition) is 2. The van der Waals surface area contributed by atoms with Gasteiger partial charge in [-0.05, 0) is 46.3 Å². The maximum atomic E-state index is 13.1. The van der Waals surface area contributed by atoms with Crippen LogP contribution in [0.2, 0.25) is 0 Å². The van der Waals surface area contributed by atoms with Crippen molar-refractivity contribution in [2.75, 3.05) is 5.73 Å². The molecule has 2 aromatic carbocycles. The summed E-state index contributed by atoms with van der Waals surface area (Å²) in [5, 5.41) is 0. The molecule has 0 aromatic heterocycles. The molecule has 5 heteroatoms. The highest BCUT2D eigenvalue weighted by Crippen LogP contribution is 2.34. The van der Waals surface area contributed by atoms with Crippen LogP contribution in [0.4, 0.5) is 10.1 Å². The van der Waals surface area contributed by atoms with Crippen LogP contribution in [0.25, 0.3) is 0 Å². The predicted molar refractivity (Wildman–Crippen MR) is 72.7 cm³/mol. The van der Waals surface area contributed by atoms with Crippen LogP contribution in [0, 0.1) is 5.82 Å². The zero-order chi connectivity index (χ0) is 12.4. The number of hydrogen-bond donors (Lipinski definition) is 1. The number of rotatable bonds is 2. The van der Waals surface area contributed by atoms with E-state index in [1.54, 1.807) is 18.2 Å². The van der Waals surface area contributed by atoms with Crippen molar-refractivity contribution < 1.29 is 9.13 Å². The van der Waals surface area contributed by atoms with Crippen LogP contribution < -0.4 is 10.5 Å². The number of benzene rings is 2. The number of nitrogen functional groups attached to an aromatic ring is 1. The van der Waals surface area contributed by atoms with Crippen LogP contribution in [0.3, 0.4) is 0 Å². The third-order valence-corrected chi connectivity index (χ3v) is 3.24. The van der Waals surface area contributed by atoms with Crippen molar-refractivity contribution in [3.63, 3.8) is 0 Å². The molecule has 0 fully saturated rings. The molecule has 0 aliphatic carbocycles. The Morgan fingerprint density at radius 3 is 2.53 bits per heavy atom.